The maximum absolute atomic E-state index is 6.29. The predicted octanol–water partition coefficient (Wildman–Crippen LogP) is 4.58. The molecule has 1 aromatic carbocycles. The van der Waals surface area contributed by atoms with Crippen LogP contribution >= 0.6 is 11.6 Å². The summed E-state index contributed by atoms with van der Waals surface area (Å²) in [6, 6.07) is 4.42. The van der Waals surface area contributed by atoms with Crippen molar-refractivity contribution in [1.82, 2.24) is 0 Å². The number of halogens is 1. The van der Waals surface area contributed by atoms with Gasteiger partial charge in [-0.3, -0.25) is 0 Å². The molecule has 94 valence electrons. The molecular weight excluding hydrogens is 232 g/mol. The molecule has 1 aromatic rings. The second kappa shape index (κ2) is 5.30. The third-order valence-electron chi connectivity index (χ3n) is 3.96. The van der Waals surface area contributed by atoms with Crippen molar-refractivity contribution < 1.29 is 4.74 Å². The van der Waals surface area contributed by atoms with Crippen molar-refractivity contribution in [1.29, 1.82) is 0 Å². The molecule has 0 radical (unpaired) electrons. The lowest BCUT2D eigenvalue weighted by molar-refractivity contribution is 0.386. The van der Waals surface area contributed by atoms with Gasteiger partial charge in [0.2, 0.25) is 0 Å². The Morgan fingerprint density at radius 2 is 2.00 bits per heavy atom. The van der Waals surface area contributed by atoms with Crippen LogP contribution in [0.1, 0.15) is 48.3 Å². The van der Waals surface area contributed by atoms with Gasteiger partial charge < -0.3 is 4.74 Å². The lowest BCUT2D eigenvalue weighted by Gasteiger charge is -2.28. The van der Waals surface area contributed by atoms with E-state index >= 15 is 0 Å². The van der Waals surface area contributed by atoms with Crippen molar-refractivity contribution in [2.75, 3.05) is 7.11 Å². The lowest BCUT2D eigenvalue weighted by atomic mass is 9.82. The molecule has 2 unspecified atom stereocenters. The quantitative estimate of drug-likeness (QED) is 0.701. The van der Waals surface area contributed by atoms with Crippen molar-refractivity contribution in [2.45, 2.75) is 50.8 Å². The van der Waals surface area contributed by atoms with E-state index in [1.807, 2.05) is 0 Å². The Morgan fingerprint density at radius 3 is 2.65 bits per heavy atom. The summed E-state index contributed by atoms with van der Waals surface area (Å²) in [7, 11) is 1.77. The van der Waals surface area contributed by atoms with Gasteiger partial charge in [-0.25, -0.2) is 0 Å². The predicted molar refractivity (Wildman–Crippen MR) is 73.3 cm³/mol. The number of ether oxygens (including phenoxy) is 1. The Hall–Kier alpha value is -0.690. The number of methoxy groups -OCH3 is 1. The molecule has 0 bridgehead atoms. The highest BCUT2D eigenvalue weighted by Gasteiger charge is 2.24. The largest absolute Gasteiger partial charge is 0.496 e. The first-order valence-electron chi connectivity index (χ1n) is 6.41. The van der Waals surface area contributed by atoms with E-state index in [2.05, 4.69) is 26.0 Å². The minimum absolute atomic E-state index is 0.333. The number of aryl methyl sites for hydroxylation is 1. The average molecular weight is 253 g/mol. The first kappa shape index (κ1) is 12.8. The number of rotatable bonds is 2. The molecule has 0 amide bonds. The SMILES string of the molecule is COc1c(C2CCCC(Cl)C2)ccc(C)c1C. The first-order valence-corrected chi connectivity index (χ1v) is 6.85. The molecular formula is C15H21ClO. The van der Waals surface area contributed by atoms with Crippen LogP contribution in [0.5, 0.6) is 5.75 Å². The monoisotopic (exact) mass is 252 g/mol. The zero-order valence-electron chi connectivity index (χ0n) is 10.9. The molecule has 0 aliphatic heterocycles. The van der Waals surface area contributed by atoms with E-state index in [-0.39, 0.29) is 0 Å². The molecule has 0 N–H and O–H groups in total. The van der Waals surface area contributed by atoms with Gasteiger partial charge in [-0.2, -0.15) is 0 Å². The van der Waals surface area contributed by atoms with Crippen LogP contribution in [0.2, 0.25) is 0 Å². The normalized spacial score (nSPS) is 24.7. The van der Waals surface area contributed by atoms with Crippen molar-refractivity contribution >= 4 is 11.6 Å². The zero-order chi connectivity index (χ0) is 12.4. The fraction of sp³-hybridized carbons (Fsp3) is 0.600. The van der Waals surface area contributed by atoms with E-state index in [4.69, 9.17) is 16.3 Å². The van der Waals surface area contributed by atoms with Gasteiger partial charge in [0.25, 0.3) is 0 Å². The van der Waals surface area contributed by atoms with Gasteiger partial charge in [-0.1, -0.05) is 18.6 Å². The summed E-state index contributed by atoms with van der Waals surface area (Å²) in [5, 5.41) is 0.333. The van der Waals surface area contributed by atoms with Crippen LogP contribution in [0.3, 0.4) is 0 Å². The van der Waals surface area contributed by atoms with Gasteiger partial charge in [0.05, 0.1) is 7.11 Å². The van der Waals surface area contributed by atoms with Gasteiger partial charge in [-0.05, 0) is 55.7 Å². The molecule has 1 aliphatic rings. The van der Waals surface area contributed by atoms with Crippen LogP contribution in [0.4, 0.5) is 0 Å². The Bertz CT molecular complexity index is 400. The third-order valence-corrected chi connectivity index (χ3v) is 4.36. The van der Waals surface area contributed by atoms with Crippen LogP contribution in [0.15, 0.2) is 12.1 Å². The maximum Gasteiger partial charge on any atom is 0.125 e. The molecule has 0 heterocycles. The zero-order valence-corrected chi connectivity index (χ0v) is 11.7. The van der Waals surface area contributed by atoms with Crippen molar-refractivity contribution in [3.8, 4) is 5.75 Å². The highest BCUT2D eigenvalue weighted by Crippen LogP contribution is 2.40. The van der Waals surface area contributed by atoms with Gasteiger partial charge in [0, 0.05) is 5.38 Å². The number of hydrogen-bond acceptors (Lipinski definition) is 1. The third kappa shape index (κ3) is 2.60. The van der Waals surface area contributed by atoms with Crippen molar-refractivity contribution in [3.05, 3.63) is 28.8 Å². The van der Waals surface area contributed by atoms with Gasteiger partial charge >= 0.3 is 0 Å². The minimum Gasteiger partial charge on any atom is -0.496 e. The lowest BCUT2D eigenvalue weighted by Crippen LogP contribution is -2.15. The van der Waals surface area contributed by atoms with Gasteiger partial charge in [0.1, 0.15) is 5.75 Å². The van der Waals surface area contributed by atoms with E-state index in [0.29, 0.717) is 11.3 Å². The fourth-order valence-corrected chi connectivity index (χ4v) is 3.19. The second-order valence-corrected chi connectivity index (χ2v) is 5.71. The van der Waals surface area contributed by atoms with E-state index in [1.165, 1.54) is 29.5 Å². The molecule has 0 spiro atoms. The standard InChI is InChI=1S/C15H21ClO/c1-10-7-8-14(15(17-3)11(10)2)12-5-4-6-13(16)9-12/h7-8,12-13H,4-6,9H2,1-3H3. The number of benzene rings is 1. The summed E-state index contributed by atoms with van der Waals surface area (Å²) in [6.45, 7) is 4.27. The van der Waals surface area contributed by atoms with E-state index in [1.54, 1.807) is 7.11 Å². The maximum atomic E-state index is 6.29. The first-order chi connectivity index (χ1) is 8.13. The van der Waals surface area contributed by atoms with Crippen molar-refractivity contribution in [2.24, 2.45) is 0 Å². The minimum atomic E-state index is 0.333. The van der Waals surface area contributed by atoms with Crippen LogP contribution in [0.25, 0.3) is 0 Å². The number of hydrogen-bond donors (Lipinski definition) is 0. The molecule has 0 saturated heterocycles. The summed E-state index contributed by atoms with van der Waals surface area (Å²) in [4.78, 5) is 0. The average Bonchev–Trinajstić information content (AvgIpc) is 2.32. The molecule has 1 aliphatic carbocycles. The van der Waals surface area contributed by atoms with E-state index in [0.717, 1.165) is 18.6 Å². The molecule has 0 aromatic heterocycles. The van der Waals surface area contributed by atoms with Gasteiger partial charge in [0.15, 0.2) is 0 Å². The number of alkyl halides is 1. The molecule has 1 saturated carbocycles. The summed E-state index contributed by atoms with van der Waals surface area (Å²) in [5.41, 5.74) is 3.91. The highest BCUT2D eigenvalue weighted by molar-refractivity contribution is 6.20. The van der Waals surface area contributed by atoms with Crippen LogP contribution in [-0.4, -0.2) is 12.5 Å². The Labute approximate surface area is 109 Å². The topological polar surface area (TPSA) is 9.23 Å². The molecule has 2 heteroatoms. The van der Waals surface area contributed by atoms with E-state index < -0.39 is 0 Å². The summed E-state index contributed by atoms with van der Waals surface area (Å²) < 4.78 is 5.60. The van der Waals surface area contributed by atoms with Crippen molar-refractivity contribution in [3.63, 3.8) is 0 Å². The molecule has 2 rings (SSSR count). The summed E-state index contributed by atoms with van der Waals surface area (Å²) in [6.07, 6.45) is 4.71. The smallest absolute Gasteiger partial charge is 0.125 e. The van der Waals surface area contributed by atoms with Gasteiger partial charge in [-0.15, -0.1) is 11.6 Å². The van der Waals surface area contributed by atoms with Crippen LogP contribution in [-0.2, 0) is 0 Å². The summed E-state index contributed by atoms with van der Waals surface area (Å²) in [5.74, 6) is 1.64. The molecule has 17 heavy (non-hydrogen) atoms. The molecule has 2 atom stereocenters. The highest BCUT2D eigenvalue weighted by atomic mass is 35.5. The molecule has 1 nitrogen and oxygen atoms in total. The second-order valence-electron chi connectivity index (χ2n) is 5.09. The Kier molecular flexibility index (Phi) is 3.98. The van der Waals surface area contributed by atoms with Crippen LogP contribution < -0.4 is 4.74 Å². The fourth-order valence-electron chi connectivity index (χ4n) is 2.82. The molecule has 1 fully saturated rings. The Morgan fingerprint density at radius 1 is 1.24 bits per heavy atom. The van der Waals surface area contributed by atoms with Crippen LogP contribution in [0, 0.1) is 13.8 Å². The Balaban J connectivity index is 2.34. The summed E-state index contributed by atoms with van der Waals surface area (Å²) >= 11 is 6.29. The van der Waals surface area contributed by atoms with E-state index in [9.17, 15) is 0 Å².